The lowest BCUT2D eigenvalue weighted by Crippen LogP contribution is -2.17. The van der Waals surface area contributed by atoms with Gasteiger partial charge in [0.2, 0.25) is 0 Å². The van der Waals surface area contributed by atoms with Gasteiger partial charge in [0.1, 0.15) is 0 Å². The van der Waals surface area contributed by atoms with Gasteiger partial charge in [0.25, 0.3) is 10.0 Å². The molecule has 0 aliphatic heterocycles. The first-order valence-electron chi connectivity index (χ1n) is 9.62. The molecular weight excluding hydrogens is 348 g/mol. The normalized spacial score (nSPS) is 17.9. The number of aromatic nitrogens is 4. The topological polar surface area (TPSA) is 69.8 Å². The number of nitrogens with zero attached hydrogens (tertiary/aromatic N) is 4. The molecule has 0 spiro atoms. The van der Waals surface area contributed by atoms with Crippen LogP contribution >= 0.6 is 0 Å². The largest absolute Gasteiger partial charge is 0.269 e. The molecule has 0 amide bonds. The summed E-state index contributed by atoms with van der Waals surface area (Å²) in [5.74, 6) is 0.928. The number of rotatable bonds is 5. The number of hydrogen-bond donors (Lipinski definition) is 0. The van der Waals surface area contributed by atoms with E-state index in [9.17, 15) is 8.42 Å². The Labute approximate surface area is 156 Å². The summed E-state index contributed by atoms with van der Waals surface area (Å²) >= 11 is 0. The Balaban J connectivity index is 0.000000152. The molecule has 2 aromatic heterocycles. The maximum Gasteiger partial charge on any atom is 0.256 e. The molecule has 2 fully saturated rings. The third-order valence-electron chi connectivity index (χ3n) is 5.19. The summed E-state index contributed by atoms with van der Waals surface area (Å²) in [6.45, 7) is 8.46. The average molecular weight is 379 g/mol. The van der Waals surface area contributed by atoms with Gasteiger partial charge in [-0.1, -0.05) is 27.7 Å². The summed E-state index contributed by atoms with van der Waals surface area (Å²) < 4.78 is 26.7. The van der Waals surface area contributed by atoms with Crippen molar-refractivity contribution in [3.05, 3.63) is 35.9 Å². The molecule has 26 heavy (non-hydrogen) atoms. The first-order valence-corrected chi connectivity index (χ1v) is 11.1. The Morgan fingerprint density at radius 1 is 0.923 bits per heavy atom. The zero-order valence-electron chi connectivity index (χ0n) is 16.2. The first-order chi connectivity index (χ1) is 12.3. The highest BCUT2D eigenvalue weighted by Gasteiger charge is 2.37. The van der Waals surface area contributed by atoms with Crippen molar-refractivity contribution in [1.29, 1.82) is 0 Å². The molecule has 2 aliphatic carbocycles. The van der Waals surface area contributed by atoms with Crippen molar-refractivity contribution < 1.29 is 8.42 Å². The molecule has 2 aliphatic rings. The van der Waals surface area contributed by atoms with Gasteiger partial charge < -0.3 is 0 Å². The minimum Gasteiger partial charge on any atom is -0.269 e. The van der Waals surface area contributed by atoms with Gasteiger partial charge in [-0.2, -0.15) is 14.3 Å². The molecule has 0 unspecified atom stereocenters. The molecule has 2 aromatic rings. The van der Waals surface area contributed by atoms with E-state index < -0.39 is 10.0 Å². The zero-order valence-corrected chi connectivity index (χ0v) is 17.0. The van der Waals surface area contributed by atoms with Crippen molar-refractivity contribution in [2.45, 2.75) is 82.9 Å². The highest BCUT2D eigenvalue weighted by molar-refractivity contribution is 7.90. The predicted octanol–water partition coefficient (Wildman–Crippen LogP) is 4.08. The summed E-state index contributed by atoms with van der Waals surface area (Å²) in [6.07, 6.45) is 13.0. The molecule has 144 valence electrons. The van der Waals surface area contributed by atoms with Crippen molar-refractivity contribution in [1.82, 2.24) is 19.0 Å². The van der Waals surface area contributed by atoms with Gasteiger partial charge in [-0.25, -0.2) is 8.42 Å². The average Bonchev–Trinajstić information content (AvgIpc) is 3.08. The Morgan fingerprint density at radius 2 is 1.50 bits per heavy atom. The standard InChI is InChI=1S/C10H16N2.C9H14N2O2S/c1-8(2)9-6-11-12(7-9)10-4-3-5-10;1-7(2)8-5-10-11(6-8)14(12,13)9-3-4-9/h6-8,10H,3-5H2,1-2H3;5-7,9H,3-4H2,1-2H3. The monoisotopic (exact) mass is 378 g/mol. The van der Waals surface area contributed by atoms with Crippen molar-refractivity contribution >= 4 is 10.0 Å². The second-order valence-electron chi connectivity index (χ2n) is 8.04. The van der Waals surface area contributed by atoms with Gasteiger partial charge in [0.05, 0.1) is 23.7 Å². The smallest absolute Gasteiger partial charge is 0.256 e. The molecule has 0 N–H and O–H groups in total. The fourth-order valence-corrected chi connectivity index (χ4v) is 4.26. The van der Waals surface area contributed by atoms with Crippen molar-refractivity contribution in [3.8, 4) is 0 Å². The maximum absolute atomic E-state index is 11.7. The summed E-state index contributed by atoms with van der Waals surface area (Å²) in [5, 5.41) is 8.08. The van der Waals surface area contributed by atoms with E-state index in [-0.39, 0.29) is 5.25 Å². The van der Waals surface area contributed by atoms with Crippen LogP contribution in [0.1, 0.15) is 88.8 Å². The fourth-order valence-electron chi connectivity index (χ4n) is 2.78. The fraction of sp³-hybridized carbons (Fsp3) is 0.684. The minimum absolute atomic E-state index is 0.192. The van der Waals surface area contributed by atoms with Crippen LogP contribution in [0.15, 0.2) is 24.8 Å². The maximum atomic E-state index is 11.7. The Hall–Kier alpha value is -1.63. The molecule has 0 radical (unpaired) electrons. The van der Waals surface area contributed by atoms with Crippen molar-refractivity contribution in [3.63, 3.8) is 0 Å². The van der Waals surface area contributed by atoms with Crippen LogP contribution in [0.3, 0.4) is 0 Å². The van der Waals surface area contributed by atoms with Gasteiger partial charge in [0.15, 0.2) is 0 Å². The minimum atomic E-state index is -3.17. The zero-order chi connectivity index (χ0) is 18.9. The van der Waals surface area contributed by atoms with Crippen LogP contribution < -0.4 is 0 Å². The molecule has 7 heteroatoms. The predicted molar refractivity (Wildman–Crippen MR) is 103 cm³/mol. The third-order valence-corrected chi connectivity index (χ3v) is 7.23. The molecule has 0 atom stereocenters. The van der Waals surface area contributed by atoms with E-state index in [0.717, 1.165) is 22.5 Å². The third kappa shape index (κ3) is 4.19. The SMILES string of the molecule is CC(C)c1cnn(C2CCC2)c1.CC(C)c1cnn(S(=O)(=O)C2CC2)c1. The van der Waals surface area contributed by atoms with Crippen LogP contribution in [-0.2, 0) is 10.0 Å². The molecule has 0 aromatic carbocycles. The van der Waals surface area contributed by atoms with Crippen LogP contribution in [0.2, 0.25) is 0 Å². The van der Waals surface area contributed by atoms with Gasteiger partial charge in [0, 0.05) is 12.4 Å². The second-order valence-corrected chi connectivity index (χ2v) is 10.1. The molecule has 2 heterocycles. The number of hydrogen-bond acceptors (Lipinski definition) is 4. The van der Waals surface area contributed by atoms with E-state index in [1.54, 1.807) is 12.4 Å². The van der Waals surface area contributed by atoms with Crippen LogP contribution in [0.25, 0.3) is 0 Å². The van der Waals surface area contributed by atoms with E-state index >= 15 is 0 Å². The molecular formula is C19H30N4O2S. The quantitative estimate of drug-likeness (QED) is 0.786. The van der Waals surface area contributed by atoms with Crippen molar-refractivity contribution in [2.24, 2.45) is 0 Å². The Morgan fingerprint density at radius 3 is 1.92 bits per heavy atom. The Kier molecular flexibility index (Phi) is 5.55. The van der Waals surface area contributed by atoms with E-state index in [1.165, 1.54) is 24.8 Å². The molecule has 0 saturated heterocycles. The lowest BCUT2D eigenvalue weighted by atomic mass is 9.93. The Bertz CT molecular complexity index is 827. The molecule has 0 bridgehead atoms. The van der Waals surface area contributed by atoms with E-state index in [1.807, 2.05) is 20.0 Å². The van der Waals surface area contributed by atoms with E-state index in [0.29, 0.717) is 17.9 Å². The van der Waals surface area contributed by atoms with E-state index in [4.69, 9.17) is 0 Å². The summed E-state index contributed by atoms with van der Waals surface area (Å²) in [7, 11) is -3.17. The molecule has 6 nitrogen and oxygen atoms in total. The molecule has 2 saturated carbocycles. The lowest BCUT2D eigenvalue weighted by Gasteiger charge is -2.25. The van der Waals surface area contributed by atoms with Gasteiger partial charge >= 0.3 is 0 Å². The summed E-state index contributed by atoms with van der Waals surface area (Å²) in [4.78, 5) is 0. The molecule has 4 rings (SSSR count). The van der Waals surface area contributed by atoms with Crippen LogP contribution in [-0.4, -0.2) is 32.6 Å². The van der Waals surface area contributed by atoms with E-state index in [2.05, 4.69) is 34.9 Å². The van der Waals surface area contributed by atoms with Crippen LogP contribution in [0, 0.1) is 0 Å². The van der Waals surface area contributed by atoms with Gasteiger partial charge in [-0.15, -0.1) is 0 Å². The summed E-state index contributed by atoms with van der Waals surface area (Å²) in [5.41, 5.74) is 2.33. The second kappa shape index (κ2) is 7.55. The van der Waals surface area contributed by atoms with Gasteiger partial charge in [-0.05, 0) is 55.1 Å². The lowest BCUT2D eigenvalue weighted by molar-refractivity contribution is 0.289. The van der Waals surface area contributed by atoms with Crippen LogP contribution in [0.4, 0.5) is 0 Å². The highest BCUT2D eigenvalue weighted by atomic mass is 32.2. The van der Waals surface area contributed by atoms with Crippen molar-refractivity contribution in [2.75, 3.05) is 0 Å². The van der Waals surface area contributed by atoms with Crippen LogP contribution in [0.5, 0.6) is 0 Å². The van der Waals surface area contributed by atoms with Gasteiger partial charge in [-0.3, -0.25) is 4.68 Å². The first kappa shape index (κ1) is 19.1. The summed E-state index contributed by atoms with van der Waals surface area (Å²) in [6, 6.07) is 0.706. The highest BCUT2D eigenvalue weighted by Crippen LogP contribution is 2.31.